The lowest BCUT2D eigenvalue weighted by atomic mass is 10.0. The molecule has 1 amide bonds. The average molecular weight is 758 g/mol. The van der Waals surface area contributed by atoms with Crippen LogP contribution >= 0.6 is 0 Å². The summed E-state index contributed by atoms with van der Waals surface area (Å²) < 4.78 is 0. The Morgan fingerprint density at radius 3 is 1.30 bits per heavy atom. The van der Waals surface area contributed by atoms with Crippen LogP contribution in [0.25, 0.3) is 0 Å². The number of unbranched alkanes of at least 4 members (excludes halogenated alkanes) is 27. The molecule has 0 aromatic rings. The van der Waals surface area contributed by atoms with Gasteiger partial charge in [-0.1, -0.05) is 210 Å². The van der Waals surface area contributed by atoms with Crippen LogP contribution in [0.15, 0.2) is 48.6 Å². The summed E-state index contributed by atoms with van der Waals surface area (Å²) in [4.78, 5) is 12.4. The first kappa shape index (κ1) is 52.3. The molecule has 54 heavy (non-hydrogen) atoms. The van der Waals surface area contributed by atoms with Gasteiger partial charge in [-0.15, -0.1) is 0 Å². The molecule has 0 aromatic carbocycles. The van der Waals surface area contributed by atoms with Crippen LogP contribution < -0.4 is 5.32 Å². The van der Waals surface area contributed by atoms with Crippen molar-refractivity contribution in [3.05, 3.63) is 48.6 Å². The average Bonchev–Trinajstić information content (AvgIpc) is 3.16. The van der Waals surface area contributed by atoms with E-state index in [-0.39, 0.29) is 18.9 Å². The molecule has 3 atom stereocenters. The minimum absolute atomic E-state index is 0.000601. The zero-order valence-corrected chi connectivity index (χ0v) is 35.8. The number of hydrogen-bond acceptors (Lipinski definition) is 4. The summed E-state index contributed by atoms with van der Waals surface area (Å²) in [5.74, 6) is -0.330. The maximum absolute atomic E-state index is 12.4. The molecule has 316 valence electrons. The van der Waals surface area contributed by atoms with E-state index in [0.717, 1.165) is 38.5 Å². The van der Waals surface area contributed by atoms with Gasteiger partial charge in [0, 0.05) is 0 Å². The molecule has 0 rings (SSSR count). The Morgan fingerprint density at radius 1 is 0.481 bits per heavy atom. The molecule has 0 fully saturated rings. The second kappa shape index (κ2) is 44.0. The maximum atomic E-state index is 12.4. The predicted octanol–water partition coefficient (Wildman–Crippen LogP) is 13.7. The Bertz CT molecular complexity index is 881. The molecule has 0 heterocycles. The fourth-order valence-electron chi connectivity index (χ4n) is 6.97. The monoisotopic (exact) mass is 758 g/mol. The second-order valence-electron chi connectivity index (χ2n) is 16.0. The van der Waals surface area contributed by atoms with Gasteiger partial charge >= 0.3 is 0 Å². The minimum atomic E-state index is -0.955. The van der Waals surface area contributed by atoms with Crippen molar-refractivity contribution in [2.45, 2.75) is 250 Å². The summed E-state index contributed by atoms with van der Waals surface area (Å²) in [5, 5.41) is 33.2. The molecule has 0 radical (unpaired) electrons. The largest absolute Gasteiger partial charge is 0.394 e. The van der Waals surface area contributed by atoms with Gasteiger partial charge in [0.05, 0.1) is 31.3 Å². The molecular weight excluding hydrogens is 667 g/mol. The lowest BCUT2D eigenvalue weighted by Crippen LogP contribution is -2.45. The summed E-state index contributed by atoms with van der Waals surface area (Å²) >= 11 is 0. The molecule has 0 aliphatic rings. The van der Waals surface area contributed by atoms with E-state index in [2.05, 4.69) is 55.6 Å². The van der Waals surface area contributed by atoms with Gasteiger partial charge in [0.15, 0.2) is 0 Å². The summed E-state index contributed by atoms with van der Waals surface area (Å²) in [7, 11) is 0. The van der Waals surface area contributed by atoms with Crippen molar-refractivity contribution in [2.75, 3.05) is 6.61 Å². The van der Waals surface area contributed by atoms with Crippen molar-refractivity contribution in [2.24, 2.45) is 0 Å². The normalized spacial score (nSPS) is 13.9. The van der Waals surface area contributed by atoms with Crippen LogP contribution in [-0.2, 0) is 4.79 Å². The van der Waals surface area contributed by atoms with E-state index in [1.165, 1.54) is 167 Å². The van der Waals surface area contributed by atoms with Crippen molar-refractivity contribution in [1.82, 2.24) is 5.32 Å². The van der Waals surface area contributed by atoms with E-state index in [9.17, 15) is 20.1 Å². The topological polar surface area (TPSA) is 89.8 Å². The van der Waals surface area contributed by atoms with Gasteiger partial charge < -0.3 is 20.6 Å². The van der Waals surface area contributed by atoms with Crippen LogP contribution in [0, 0.1) is 0 Å². The number of carbonyl (C=O) groups is 1. The van der Waals surface area contributed by atoms with Gasteiger partial charge in [-0.25, -0.2) is 0 Å². The van der Waals surface area contributed by atoms with Crippen molar-refractivity contribution >= 4 is 5.91 Å². The number of nitrogens with one attached hydrogen (secondary N) is 1. The van der Waals surface area contributed by atoms with Gasteiger partial charge in [-0.3, -0.25) is 4.79 Å². The second-order valence-corrected chi connectivity index (χ2v) is 16.0. The van der Waals surface area contributed by atoms with Crippen molar-refractivity contribution < 1.29 is 20.1 Å². The smallest absolute Gasteiger partial charge is 0.222 e. The molecular formula is C49H91NO4. The lowest BCUT2D eigenvalue weighted by molar-refractivity contribution is -0.124. The highest BCUT2D eigenvalue weighted by atomic mass is 16.3. The molecule has 0 saturated carbocycles. The van der Waals surface area contributed by atoms with Gasteiger partial charge in [0.25, 0.3) is 0 Å². The first-order valence-electron chi connectivity index (χ1n) is 23.4. The molecule has 0 aliphatic heterocycles. The van der Waals surface area contributed by atoms with Crippen LogP contribution in [0.5, 0.6) is 0 Å². The van der Waals surface area contributed by atoms with E-state index in [4.69, 9.17) is 0 Å². The highest BCUT2D eigenvalue weighted by Crippen LogP contribution is 2.14. The quantitative estimate of drug-likeness (QED) is 0.0369. The van der Waals surface area contributed by atoms with Gasteiger partial charge in [-0.2, -0.15) is 0 Å². The van der Waals surface area contributed by atoms with Crippen LogP contribution in [0.1, 0.15) is 232 Å². The Balaban J connectivity index is 3.70. The van der Waals surface area contributed by atoms with E-state index in [0.29, 0.717) is 6.42 Å². The SMILES string of the molecule is CCCCCCCCCCC/C=C\C/C=C\CCCCCCCCCC(O)CC(=O)NC(CO)C(O)/C=C/CC/C=C/CCCCCCCCCCCC. The summed E-state index contributed by atoms with van der Waals surface area (Å²) in [6, 6.07) is -0.764. The third-order valence-electron chi connectivity index (χ3n) is 10.6. The molecule has 5 nitrogen and oxygen atoms in total. The van der Waals surface area contributed by atoms with Crippen LogP contribution in [0.2, 0.25) is 0 Å². The highest BCUT2D eigenvalue weighted by molar-refractivity contribution is 5.76. The number of allylic oxidation sites excluding steroid dienone is 7. The minimum Gasteiger partial charge on any atom is -0.394 e. The Labute approximate surface area is 336 Å². The molecule has 5 heteroatoms. The zero-order valence-electron chi connectivity index (χ0n) is 35.8. The number of amides is 1. The standard InChI is InChI=1S/C49H91NO4/c1-3-5-7-9-11-13-15-17-19-21-22-23-24-25-26-27-28-30-32-34-36-38-40-42-46(52)44-49(54)50-47(45-51)48(53)43-41-39-37-35-33-31-29-20-18-16-14-12-10-8-6-4-2/h22-23,25-26,33,35,41,43,46-48,51-53H,3-21,24,27-32,34,36-40,42,44-45H2,1-2H3,(H,50,54)/b23-22-,26-25-,35-33+,43-41+. The van der Waals surface area contributed by atoms with Gasteiger partial charge in [0.1, 0.15) is 0 Å². The van der Waals surface area contributed by atoms with E-state index < -0.39 is 18.2 Å². The fraction of sp³-hybridized carbons (Fsp3) is 0.816. The number of aliphatic hydroxyl groups is 3. The Hall–Kier alpha value is -1.69. The molecule has 0 saturated heterocycles. The van der Waals surface area contributed by atoms with Gasteiger partial charge in [0.2, 0.25) is 5.91 Å². The fourth-order valence-corrected chi connectivity index (χ4v) is 6.97. The third-order valence-corrected chi connectivity index (χ3v) is 10.6. The van der Waals surface area contributed by atoms with E-state index >= 15 is 0 Å². The molecule has 0 aromatic heterocycles. The Morgan fingerprint density at radius 2 is 0.852 bits per heavy atom. The number of rotatable bonds is 42. The Kier molecular flexibility index (Phi) is 42.7. The lowest BCUT2D eigenvalue weighted by Gasteiger charge is -2.21. The van der Waals surface area contributed by atoms with Crippen molar-refractivity contribution in [1.29, 1.82) is 0 Å². The molecule has 0 aliphatic carbocycles. The zero-order chi connectivity index (χ0) is 39.4. The first-order chi connectivity index (χ1) is 26.5. The van der Waals surface area contributed by atoms with E-state index in [1.807, 2.05) is 6.08 Å². The van der Waals surface area contributed by atoms with Crippen LogP contribution in [-0.4, -0.2) is 46.1 Å². The molecule has 0 bridgehead atoms. The van der Waals surface area contributed by atoms with Crippen molar-refractivity contribution in [3.8, 4) is 0 Å². The molecule has 4 N–H and O–H groups in total. The maximum Gasteiger partial charge on any atom is 0.222 e. The highest BCUT2D eigenvalue weighted by Gasteiger charge is 2.20. The number of aliphatic hydroxyl groups excluding tert-OH is 3. The van der Waals surface area contributed by atoms with Crippen LogP contribution in [0.3, 0.4) is 0 Å². The molecule has 3 unspecified atom stereocenters. The van der Waals surface area contributed by atoms with Gasteiger partial charge in [-0.05, 0) is 64.2 Å². The van der Waals surface area contributed by atoms with Crippen molar-refractivity contribution in [3.63, 3.8) is 0 Å². The van der Waals surface area contributed by atoms with Crippen LogP contribution in [0.4, 0.5) is 0 Å². The number of hydrogen-bond donors (Lipinski definition) is 4. The predicted molar refractivity (Wildman–Crippen MR) is 236 cm³/mol. The summed E-state index contributed by atoms with van der Waals surface area (Å²) in [5.41, 5.74) is 0. The summed E-state index contributed by atoms with van der Waals surface area (Å²) in [6.07, 6.45) is 56.9. The molecule has 0 spiro atoms. The summed E-state index contributed by atoms with van der Waals surface area (Å²) in [6.45, 7) is 4.20. The van der Waals surface area contributed by atoms with E-state index in [1.54, 1.807) is 6.08 Å². The third kappa shape index (κ3) is 40.0. The number of carbonyl (C=O) groups excluding carboxylic acids is 1. The first-order valence-corrected chi connectivity index (χ1v) is 23.4.